The van der Waals surface area contributed by atoms with E-state index in [2.05, 4.69) is 10.1 Å². The fourth-order valence-electron chi connectivity index (χ4n) is 3.96. The normalized spacial score (nSPS) is 14.3. The number of halogens is 2. The summed E-state index contributed by atoms with van der Waals surface area (Å²) < 4.78 is 29.8. The Morgan fingerprint density at radius 3 is 2.53 bits per heavy atom. The van der Waals surface area contributed by atoms with E-state index in [1.807, 2.05) is 18.7 Å². The van der Waals surface area contributed by atoms with Crippen molar-refractivity contribution in [2.75, 3.05) is 33.3 Å². The number of nitrogens with zero attached hydrogens (tertiary/aromatic N) is 3. The van der Waals surface area contributed by atoms with Crippen LogP contribution < -0.4 is 9.47 Å². The van der Waals surface area contributed by atoms with Gasteiger partial charge in [-0.05, 0) is 49.7 Å². The first kappa shape index (κ1) is 24.0. The molecule has 7 nitrogen and oxygen atoms in total. The van der Waals surface area contributed by atoms with Gasteiger partial charge in [-0.1, -0.05) is 22.8 Å². The van der Waals surface area contributed by atoms with E-state index >= 15 is 0 Å². The summed E-state index contributed by atoms with van der Waals surface area (Å²) in [7, 11) is 1.55. The van der Waals surface area contributed by atoms with Gasteiger partial charge >= 0.3 is 0 Å². The van der Waals surface area contributed by atoms with E-state index in [1.165, 1.54) is 12.1 Å². The molecule has 2 aromatic carbocycles. The molecule has 0 N–H and O–H groups in total. The molecular formula is C25H27ClFN3O4. The maximum absolute atomic E-state index is 13.3. The van der Waals surface area contributed by atoms with Crippen molar-refractivity contribution in [2.45, 2.75) is 27.0 Å². The number of carbonyl (C=O) groups excluding carboxylic acids is 1. The second-order valence-electron chi connectivity index (χ2n) is 8.26. The van der Waals surface area contributed by atoms with Gasteiger partial charge in [-0.3, -0.25) is 9.69 Å². The molecular weight excluding hydrogens is 461 g/mol. The monoisotopic (exact) mass is 487 g/mol. The number of rotatable bonds is 7. The van der Waals surface area contributed by atoms with Gasteiger partial charge in [0.05, 0.1) is 18.4 Å². The molecule has 1 aliphatic rings. The minimum atomic E-state index is -0.347. The molecule has 9 heteroatoms. The molecule has 0 spiro atoms. The Labute approximate surface area is 203 Å². The fourth-order valence-corrected chi connectivity index (χ4v) is 4.19. The highest BCUT2D eigenvalue weighted by atomic mass is 35.5. The predicted molar refractivity (Wildman–Crippen MR) is 126 cm³/mol. The first-order valence-corrected chi connectivity index (χ1v) is 11.4. The van der Waals surface area contributed by atoms with Crippen molar-refractivity contribution in [3.05, 3.63) is 75.4 Å². The Hall–Kier alpha value is -3.10. The molecule has 4 rings (SSSR count). The molecule has 0 aliphatic carbocycles. The van der Waals surface area contributed by atoms with E-state index in [0.29, 0.717) is 67.2 Å². The van der Waals surface area contributed by atoms with E-state index in [-0.39, 0.29) is 11.7 Å². The highest BCUT2D eigenvalue weighted by Crippen LogP contribution is 2.30. The van der Waals surface area contributed by atoms with Gasteiger partial charge in [-0.15, -0.1) is 0 Å². The predicted octanol–water partition coefficient (Wildman–Crippen LogP) is 4.63. The summed E-state index contributed by atoms with van der Waals surface area (Å²) in [5.41, 5.74) is 3.09. The lowest BCUT2D eigenvalue weighted by Gasteiger charge is -2.35. The van der Waals surface area contributed by atoms with E-state index < -0.39 is 0 Å². The molecule has 3 aromatic rings. The lowest BCUT2D eigenvalue weighted by Crippen LogP contribution is -2.48. The molecule has 2 heterocycles. The average molecular weight is 488 g/mol. The molecule has 0 bridgehead atoms. The summed E-state index contributed by atoms with van der Waals surface area (Å²) in [6.45, 7) is 7.20. The maximum Gasteiger partial charge on any atom is 0.254 e. The summed E-state index contributed by atoms with van der Waals surface area (Å²) in [4.78, 5) is 17.1. The van der Waals surface area contributed by atoms with Gasteiger partial charge in [-0.25, -0.2) is 4.39 Å². The third-order valence-corrected chi connectivity index (χ3v) is 6.38. The minimum Gasteiger partial charge on any atom is -0.493 e. The minimum absolute atomic E-state index is 0.0601. The van der Waals surface area contributed by atoms with Crippen LogP contribution in [0.3, 0.4) is 0 Å². The van der Waals surface area contributed by atoms with Crippen LogP contribution in [0.2, 0.25) is 5.02 Å². The van der Waals surface area contributed by atoms with Crippen molar-refractivity contribution in [1.29, 1.82) is 0 Å². The van der Waals surface area contributed by atoms with E-state index in [1.54, 1.807) is 31.4 Å². The maximum atomic E-state index is 13.3. The summed E-state index contributed by atoms with van der Waals surface area (Å²) in [5, 5.41) is 4.35. The molecule has 1 amide bonds. The van der Waals surface area contributed by atoms with Crippen molar-refractivity contribution >= 4 is 17.5 Å². The molecule has 180 valence electrons. The number of carbonyl (C=O) groups is 1. The Balaban J connectivity index is 1.36. The fraction of sp³-hybridized carbons (Fsp3) is 0.360. The first-order chi connectivity index (χ1) is 16.4. The van der Waals surface area contributed by atoms with Crippen LogP contribution in [-0.2, 0) is 13.2 Å². The number of ether oxygens (including phenoxy) is 2. The molecule has 0 saturated carbocycles. The lowest BCUT2D eigenvalue weighted by molar-refractivity contribution is 0.0628. The Kier molecular flexibility index (Phi) is 7.38. The van der Waals surface area contributed by atoms with Gasteiger partial charge in [0, 0.05) is 43.3 Å². The molecule has 0 atom stereocenters. The van der Waals surface area contributed by atoms with Crippen LogP contribution in [0, 0.1) is 19.7 Å². The van der Waals surface area contributed by atoms with Crippen molar-refractivity contribution < 1.29 is 23.2 Å². The number of piperazine rings is 1. The highest BCUT2D eigenvalue weighted by Gasteiger charge is 2.24. The van der Waals surface area contributed by atoms with Gasteiger partial charge in [0.15, 0.2) is 11.5 Å². The van der Waals surface area contributed by atoms with Crippen LogP contribution >= 0.6 is 11.6 Å². The van der Waals surface area contributed by atoms with Crippen LogP contribution in [0.5, 0.6) is 11.5 Å². The summed E-state index contributed by atoms with van der Waals surface area (Å²) >= 11 is 6.15. The quantitative estimate of drug-likeness (QED) is 0.484. The largest absolute Gasteiger partial charge is 0.493 e. The van der Waals surface area contributed by atoms with Crippen molar-refractivity contribution in [2.24, 2.45) is 0 Å². The van der Waals surface area contributed by atoms with Gasteiger partial charge in [0.1, 0.15) is 18.2 Å². The number of hydrogen-bond acceptors (Lipinski definition) is 6. The molecule has 1 aliphatic heterocycles. The van der Waals surface area contributed by atoms with Crippen LogP contribution in [0.15, 0.2) is 40.9 Å². The second-order valence-corrected chi connectivity index (χ2v) is 8.67. The molecule has 1 aromatic heterocycles. The Morgan fingerprint density at radius 1 is 1.12 bits per heavy atom. The van der Waals surface area contributed by atoms with E-state index in [9.17, 15) is 9.18 Å². The lowest BCUT2D eigenvalue weighted by atomic mass is 10.1. The van der Waals surface area contributed by atoms with Crippen molar-refractivity contribution in [3.63, 3.8) is 0 Å². The topological polar surface area (TPSA) is 68.0 Å². The zero-order chi connectivity index (χ0) is 24.2. The average Bonchev–Trinajstić information content (AvgIpc) is 3.16. The summed E-state index contributed by atoms with van der Waals surface area (Å²) in [6.07, 6.45) is 0. The van der Waals surface area contributed by atoms with Crippen molar-refractivity contribution in [3.8, 4) is 11.5 Å². The van der Waals surface area contributed by atoms with Gasteiger partial charge in [-0.2, -0.15) is 0 Å². The number of methoxy groups -OCH3 is 1. The van der Waals surface area contributed by atoms with Crippen LogP contribution in [0.1, 0.15) is 32.9 Å². The van der Waals surface area contributed by atoms with Crippen LogP contribution in [0.4, 0.5) is 4.39 Å². The zero-order valence-electron chi connectivity index (χ0n) is 19.4. The third-order valence-electron chi connectivity index (χ3n) is 6.03. The molecule has 1 saturated heterocycles. The number of aromatic nitrogens is 1. The number of aryl methyl sites for hydroxylation is 2. The second kappa shape index (κ2) is 10.4. The van der Waals surface area contributed by atoms with Crippen LogP contribution in [-0.4, -0.2) is 54.2 Å². The molecule has 34 heavy (non-hydrogen) atoms. The molecule has 0 radical (unpaired) electrons. The van der Waals surface area contributed by atoms with Crippen LogP contribution in [0.25, 0.3) is 0 Å². The summed E-state index contributed by atoms with van der Waals surface area (Å²) in [5.74, 6) is 1.33. The van der Waals surface area contributed by atoms with E-state index in [4.69, 9.17) is 25.6 Å². The Bertz CT molecular complexity index is 1160. The SMILES string of the molecule is COc1cc(C(=O)N2CCN(Cc3ccc(F)cc3Cl)CC2)ccc1OCc1c(C)noc1C. The zero-order valence-corrected chi connectivity index (χ0v) is 20.2. The number of benzene rings is 2. The number of amides is 1. The van der Waals surface area contributed by atoms with Gasteiger partial charge < -0.3 is 18.9 Å². The van der Waals surface area contributed by atoms with E-state index in [0.717, 1.165) is 16.8 Å². The summed E-state index contributed by atoms with van der Waals surface area (Å²) in [6, 6.07) is 9.64. The number of hydrogen-bond donors (Lipinski definition) is 0. The molecule has 1 fully saturated rings. The highest BCUT2D eigenvalue weighted by molar-refractivity contribution is 6.31. The van der Waals surface area contributed by atoms with Gasteiger partial charge in [0.25, 0.3) is 5.91 Å². The standard InChI is InChI=1S/C25H27ClFN3O4/c1-16-21(17(2)34-28-16)15-33-23-7-5-18(12-24(23)32-3)25(31)30-10-8-29(9-11-30)14-19-4-6-20(27)13-22(19)26/h4-7,12-13H,8-11,14-15H2,1-3H3. The van der Waals surface area contributed by atoms with Crippen molar-refractivity contribution in [1.82, 2.24) is 15.0 Å². The Morgan fingerprint density at radius 2 is 1.88 bits per heavy atom. The first-order valence-electron chi connectivity index (χ1n) is 11.0. The smallest absolute Gasteiger partial charge is 0.254 e. The molecule has 0 unspecified atom stereocenters. The van der Waals surface area contributed by atoms with Gasteiger partial charge in [0.2, 0.25) is 0 Å². The third kappa shape index (κ3) is 5.34.